The summed E-state index contributed by atoms with van der Waals surface area (Å²) in [7, 11) is 0. The molecule has 8 heteroatoms. The molecule has 0 saturated carbocycles. The topological polar surface area (TPSA) is 82.1 Å². The van der Waals surface area contributed by atoms with Crippen LogP contribution in [0.4, 0.5) is 4.39 Å². The molecule has 1 N–H and O–H groups in total. The van der Waals surface area contributed by atoms with Crippen molar-refractivity contribution in [3.63, 3.8) is 0 Å². The summed E-state index contributed by atoms with van der Waals surface area (Å²) >= 11 is 0. The molecule has 0 saturated heterocycles. The Morgan fingerprint density at radius 3 is 2.63 bits per heavy atom. The molecule has 30 heavy (non-hydrogen) atoms. The number of nitrogens with zero attached hydrogens (tertiary/aromatic N) is 3. The highest BCUT2D eigenvalue weighted by Gasteiger charge is 2.17. The molecule has 0 aliphatic heterocycles. The molecule has 154 valence electrons. The van der Waals surface area contributed by atoms with Crippen LogP contribution in [0.1, 0.15) is 22.7 Å². The minimum Gasteiger partial charge on any atom is -0.467 e. The van der Waals surface area contributed by atoms with Crippen LogP contribution in [0.5, 0.6) is 0 Å². The third kappa shape index (κ3) is 3.76. The van der Waals surface area contributed by atoms with Crippen molar-refractivity contribution in [1.29, 1.82) is 0 Å². The van der Waals surface area contributed by atoms with Gasteiger partial charge >= 0.3 is 0 Å². The molecular weight excluding hydrogens is 387 g/mol. The van der Waals surface area contributed by atoms with Crippen molar-refractivity contribution < 1.29 is 13.6 Å². The Labute approximate surface area is 171 Å². The van der Waals surface area contributed by atoms with Crippen LogP contribution in [0.2, 0.25) is 0 Å². The third-order valence-electron chi connectivity index (χ3n) is 5.19. The second-order valence-corrected chi connectivity index (χ2v) is 7.14. The summed E-state index contributed by atoms with van der Waals surface area (Å²) < 4.78 is 21.5. The van der Waals surface area contributed by atoms with E-state index in [1.807, 2.05) is 18.4 Å². The minimum absolute atomic E-state index is 0.183. The van der Waals surface area contributed by atoms with Crippen molar-refractivity contribution in [2.45, 2.75) is 33.5 Å². The number of aryl methyl sites for hydroxylation is 2. The lowest BCUT2D eigenvalue weighted by Crippen LogP contribution is -2.33. The standard InChI is InChI=1S/C22H21FN4O3/c1-14-19-11-25-27(13-20(28)24-10-18-4-3-9-30-18)22(29)21(19)15(2)26(14)12-16-5-7-17(23)8-6-16/h3-9,11H,10,12-13H2,1-2H3,(H,24,28). The summed E-state index contributed by atoms with van der Waals surface area (Å²) in [6.45, 7) is 4.35. The first-order chi connectivity index (χ1) is 14.4. The highest BCUT2D eigenvalue weighted by atomic mass is 19.1. The molecule has 0 radical (unpaired) electrons. The maximum absolute atomic E-state index is 13.2. The van der Waals surface area contributed by atoms with Crippen molar-refractivity contribution in [3.8, 4) is 0 Å². The number of aromatic nitrogens is 3. The maximum Gasteiger partial charge on any atom is 0.276 e. The van der Waals surface area contributed by atoms with Crippen LogP contribution < -0.4 is 10.9 Å². The van der Waals surface area contributed by atoms with Crippen LogP contribution in [0.15, 0.2) is 58.1 Å². The number of rotatable bonds is 6. The van der Waals surface area contributed by atoms with E-state index in [0.717, 1.165) is 27.0 Å². The van der Waals surface area contributed by atoms with E-state index in [0.29, 0.717) is 17.7 Å². The molecule has 3 heterocycles. The molecule has 1 amide bonds. The van der Waals surface area contributed by atoms with Gasteiger partial charge in [0, 0.05) is 23.3 Å². The molecule has 0 unspecified atom stereocenters. The fourth-order valence-electron chi connectivity index (χ4n) is 3.56. The van der Waals surface area contributed by atoms with Gasteiger partial charge in [0.2, 0.25) is 5.91 Å². The van der Waals surface area contributed by atoms with Crippen LogP contribution >= 0.6 is 0 Å². The normalized spacial score (nSPS) is 11.2. The predicted octanol–water partition coefficient (Wildman–Crippen LogP) is 2.91. The number of hydrogen-bond donors (Lipinski definition) is 1. The second-order valence-electron chi connectivity index (χ2n) is 7.14. The average Bonchev–Trinajstić information content (AvgIpc) is 3.33. The van der Waals surface area contributed by atoms with Gasteiger partial charge in [0.1, 0.15) is 18.1 Å². The van der Waals surface area contributed by atoms with Crippen LogP contribution in [-0.4, -0.2) is 20.3 Å². The van der Waals surface area contributed by atoms with Crippen molar-refractivity contribution in [2.75, 3.05) is 0 Å². The smallest absolute Gasteiger partial charge is 0.276 e. The van der Waals surface area contributed by atoms with Gasteiger partial charge in [-0.15, -0.1) is 0 Å². The monoisotopic (exact) mass is 408 g/mol. The van der Waals surface area contributed by atoms with Gasteiger partial charge in [0.25, 0.3) is 5.56 Å². The van der Waals surface area contributed by atoms with Crippen LogP contribution in [0, 0.1) is 19.7 Å². The van der Waals surface area contributed by atoms with E-state index in [-0.39, 0.29) is 30.4 Å². The Bertz CT molecular complexity index is 1250. The second kappa shape index (κ2) is 7.98. The van der Waals surface area contributed by atoms with Crippen molar-refractivity contribution in [3.05, 3.63) is 87.7 Å². The Hall–Kier alpha value is -3.68. The molecule has 1 aromatic carbocycles. The van der Waals surface area contributed by atoms with Crippen molar-refractivity contribution >= 4 is 16.7 Å². The first kappa shape index (κ1) is 19.6. The molecule has 0 aliphatic carbocycles. The number of halogens is 1. The summed E-state index contributed by atoms with van der Waals surface area (Å²) in [5.41, 5.74) is 2.28. The lowest BCUT2D eigenvalue weighted by Gasteiger charge is -2.09. The summed E-state index contributed by atoms with van der Waals surface area (Å²) in [5, 5.41) is 8.16. The lowest BCUT2D eigenvalue weighted by atomic mass is 10.2. The molecule has 0 spiro atoms. The lowest BCUT2D eigenvalue weighted by molar-refractivity contribution is -0.122. The van der Waals surface area contributed by atoms with Gasteiger partial charge in [0.05, 0.1) is 24.4 Å². The highest BCUT2D eigenvalue weighted by molar-refractivity contribution is 5.87. The molecule has 7 nitrogen and oxygen atoms in total. The van der Waals surface area contributed by atoms with Crippen LogP contribution in [-0.2, 0) is 24.4 Å². The number of furan rings is 1. The van der Waals surface area contributed by atoms with Gasteiger partial charge in [-0.25, -0.2) is 9.07 Å². The Morgan fingerprint density at radius 2 is 1.93 bits per heavy atom. The fourth-order valence-corrected chi connectivity index (χ4v) is 3.56. The minimum atomic E-state index is -0.333. The number of nitrogens with one attached hydrogen (secondary N) is 1. The number of carbonyl (C=O) groups is 1. The zero-order valence-electron chi connectivity index (χ0n) is 16.7. The van der Waals surface area contributed by atoms with Gasteiger partial charge in [-0.05, 0) is 43.7 Å². The van der Waals surface area contributed by atoms with E-state index in [9.17, 15) is 14.0 Å². The summed E-state index contributed by atoms with van der Waals surface area (Å²) in [4.78, 5) is 25.3. The fraction of sp³-hybridized carbons (Fsp3) is 0.227. The van der Waals surface area contributed by atoms with E-state index in [1.54, 1.807) is 30.5 Å². The van der Waals surface area contributed by atoms with E-state index >= 15 is 0 Å². The number of fused-ring (bicyclic) bond motifs is 1. The van der Waals surface area contributed by atoms with E-state index in [1.165, 1.54) is 18.4 Å². The highest BCUT2D eigenvalue weighted by Crippen LogP contribution is 2.23. The van der Waals surface area contributed by atoms with Gasteiger partial charge in [-0.3, -0.25) is 9.59 Å². The third-order valence-corrected chi connectivity index (χ3v) is 5.19. The van der Waals surface area contributed by atoms with Gasteiger partial charge in [-0.1, -0.05) is 12.1 Å². The molecule has 3 aromatic heterocycles. The quantitative estimate of drug-likeness (QED) is 0.532. The van der Waals surface area contributed by atoms with E-state index in [2.05, 4.69) is 10.4 Å². The zero-order chi connectivity index (χ0) is 21.3. The number of carbonyl (C=O) groups excluding carboxylic acids is 1. The number of benzene rings is 1. The SMILES string of the molecule is Cc1c2cnn(CC(=O)NCc3ccco3)c(=O)c2c(C)n1Cc1ccc(F)cc1. The van der Waals surface area contributed by atoms with Crippen molar-refractivity contribution in [1.82, 2.24) is 19.7 Å². The molecule has 4 aromatic rings. The molecule has 0 aliphatic rings. The zero-order valence-corrected chi connectivity index (χ0v) is 16.7. The van der Waals surface area contributed by atoms with Crippen LogP contribution in [0.25, 0.3) is 10.8 Å². The molecular formula is C22H21FN4O3. The molecule has 0 bridgehead atoms. The largest absolute Gasteiger partial charge is 0.467 e. The molecule has 4 rings (SSSR count). The van der Waals surface area contributed by atoms with E-state index < -0.39 is 0 Å². The first-order valence-corrected chi connectivity index (χ1v) is 9.53. The number of hydrogen-bond acceptors (Lipinski definition) is 4. The first-order valence-electron chi connectivity index (χ1n) is 9.53. The number of amides is 1. The Balaban J connectivity index is 1.60. The van der Waals surface area contributed by atoms with Crippen molar-refractivity contribution in [2.24, 2.45) is 0 Å². The van der Waals surface area contributed by atoms with Gasteiger partial charge < -0.3 is 14.3 Å². The molecule has 0 atom stereocenters. The van der Waals surface area contributed by atoms with Crippen LogP contribution in [0.3, 0.4) is 0 Å². The maximum atomic E-state index is 13.2. The Kier molecular flexibility index (Phi) is 5.22. The van der Waals surface area contributed by atoms with Gasteiger partial charge in [-0.2, -0.15) is 5.10 Å². The molecule has 0 fully saturated rings. The summed E-state index contributed by atoms with van der Waals surface area (Å²) in [5.74, 6) is 0.00573. The van der Waals surface area contributed by atoms with E-state index in [4.69, 9.17) is 4.42 Å². The average molecular weight is 408 g/mol. The predicted molar refractivity (Wildman–Crippen MR) is 110 cm³/mol. The summed E-state index contributed by atoms with van der Waals surface area (Å²) in [6.07, 6.45) is 3.14. The Morgan fingerprint density at radius 1 is 1.17 bits per heavy atom. The van der Waals surface area contributed by atoms with Gasteiger partial charge in [0.15, 0.2) is 0 Å². The summed E-state index contributed by atoms with van der Waals surface area (Å²) in [6, 6.07) is 9.77.